The Morgan fingerprint density at radius 1 is 1.00 bits per heavy atom. The van der Waals surface area contributed by atoms with Gasteiger partial charge in [-0.25, -0.2) is 0 Å². The van der Waals surface area contributed by atoms with Gasteiger partial charge in [-0.15, -0.1) is 0 Å². The van der Waals surface area contributed by atoms with E-state index >= 15 is 0 Å². The van der Waals surface area contributed by atoms with Crippen LogP contribution in [0.25, 0.3) is 0 Å². The van der Waals surface area contributed by atoms with Gasteiger partial charge in [-0.3, -0.25) is 9.59 Å². The Labute approximate surface area is 73.1 Å². The predicted molar refractivity (Wildman–Crippen MR) is 36.5 cm³/mol. The topological polar surface area (TPSA) is 34.1 Å². The van der Waals surface area contributed by atoms with Crippen LogP contribution in [0.3, 0.4) is 0 Å². The van der Waals surface area contributed by atoms with Crippen LogP contribution in [0, 0.1) is 0 Å². The summed E-state index contributed by atoms with van der Waals surface area (Å²) >= 11 is 0. The Kier molecular flexibility index (Phi) is 4.06. The molecule has 0 N–H and O–H groups in total. The van der Waals surface area contributed by atoms with Crippen molar-refractivity contribution in [2.75, 3.05) is 0 Å². The van der Waals surface area contributed by atoms with Crippen LogP contribution in [0.4, 0.5) is 0 Å². The second-order valence-electron chi connectivity index (χ2n) is 2.05. The molecule has 0 aromatic heterocycles. The first-order valence-electron chi connectivity index (χ1n) is 2.87. The minimum atomic E-state index is -0.170. The average molecular weight is 138 g/mol. The van der Waals surface area contributed by atoms with Gasteiger partial charge < -0.3 is 2.85 Å². The maximum absolute atomic E-state index is 10.4. The van der Waals surface area contributed by atoms with Gasteiger partial charge in [0.05, 0.1) is 0 Å². The van der Waals surface area contributed by atoms with E-state index in [-0.39, 0.29) is 37.5 Å². The summed E-state index contributed by atoms with van der Waals surface area (Å²) in [7, 11) is 0. The van der Waals surface area contributed by atoms with Crippen LogP contribution in [0.5, 0.6) is 0 Å². The largest absolute Gasteiger partial charge is 2.00 e. The van der Waals surface area contributed by atoms with Crippen molar-refractivity contribution < 1.29 is 12.4 Å². The third kappa shape index (κ3) is 2.45. The molecule has 0 radical (unpaired) electrons. The molecule has 0 unspecified atom stereocenters. The van der Waals surface area contributed by atoms with E-state index in [1.165, 1.54) is 0 Å². The van der Waals surface area contributed by atoms with Crippen molar-refractivity contribution in [2.45, 2.75) is 25.7 Å². The summed E-state index contributed by atoms with van der Waals surface area (Å²) in [6, 6.07) is 0. The minimum Gasteiger partial charge on any atom is -1.00 e. The molecule has 1 rings (SSSR count). The molecular weight excluding hydrogens is 128 g/mol. The third-order valence-corrected chi connectivity index (χ3v) is 1.37. The Hall–Kier alpha value is 0.106. The Bertz CT molecular complexity index is 123. The molecule has 0 aromatic rings. The number of carbonyl (C=O) groups excluding carboxylic acids is 2. The van der Waals surface area contributed by atoms with Crippen molar-refractivity contribution in [3.63, 3.8) is 0 Å². The Morgan fingerprint density at radius 3 is 1.56 bits per heavy atom. The van der Waals surface area contributed by atoms with Gasteiger partial charge in [-0.1, -0.05) is 0 Å². The molecule has 0 amide bonds. The van der Waals surface area contributed by atoms with Crippen molar-refractivity contribution in [3.05, 3.63) is 0 Å². The first kappa shape index (κ1) is 9.11. The molecule has 0 spiro atoms. The smallest absolute Gasteiger partial charge is 1.00 e. The molecule has 9 heavy (non-hydrogen) atoms. The number of rotatable bonds is 0. The van der Waals surface area contributed by atoms with Crippen molar-refractivity contribution in [2.24, 2.45) is 0 Å². The fraction of sp³-hybridized carbons (Fsp3) is 0.667. The van der Waals surface area contributed by atoms with Crippen LogP contribution in [-0.4, -0.2) is 34.6 Å². The Balaban J connectivity index is -0.000000213. The number of hydrogen-bond donors (Lipinski definition) is 0. The molecule has 0 atom stereocenters. The second kappa shape index (κ2) is 4.01. The number of Topliss-reactive ketones (excluding diaryl/α,β-unsaturated/α-hetero) is 2. The van der Waals surface area contributed by atoms with Crippen molar-refractivity contribution in [3.8, 4) is 0 Å². The van der Waals surface area contributed by atoms with E-state index in [1.54, 1.807) is 0 Å². The molecule has 1 aliphatic rings. The summed E-state index contributed by atoms with van der Waals surface area (Å²) in [5, 5.41) is 0. The SMILES string of the molecule is O=C1CCCCC1=O.[H-].[H-].[Mg+2]. The summed E-state index contributed by atoms with van der Waals surface area (Å²) in [5.41, 5.74) is 0. The molecule has 0 bridgehead atoms. The molecular formula is C6H10MgO2. The van der Waals surface area contributed by atoms with Gasteiger partial charge >= 0.3 is 23.1 Å². The fourth-order valence-corrected chi connectivity index (χ4v) is 0.850. The van der Waals surface area contributed by atoms with E-state index in [0.717, 1.165) is 12.8 Å². The molecule has 1 aliphatic carbocycles. The zero-order chi connectivity index (χ0) is 5.98. The zero-order valence-electron chi connectivity index (χ0n) is 7.35. The molecule has 0 aromatic carbocycles. The van der Waals surface area contributed by atoms with Crippen molar-refractivity contribution in [1.29, 1.82) is 0 Å². The maximum atomic E-state index is 10.4. The molecule has 48 valence electrons. The van der Waals surface area contributed by atoms with E-state index in [4.69, 9.17) is 0 Å². The summed E-state index contributed by atoms with van der Waals surface area (Å²) in [6.45, 7) is 0. The molecule has 1 fully saturated rings. The van der Waals surface area contributed by atoms with Crippen LogP contribution in [0.1, 0.15) is 28.5 Å². The van der Waals surface area contributed by atoms with Crippen molar-refractivity contribution >= 4 is 34.6 Å². The van der Waals surface area contributed by atoms with Gasteiger partial charge in [0.25, 0.3) is 0 Å². The fourth-order valence-electron chi connectivity index (χ4n) is 0.850. The van der Waals surface area contributed by atoms with Crippen LogP contribution >= 0.6 is 0 Å². The number of hydrogen-bond acceptors (Lipinski definition) is 2. The average Bonchev–Trinajstić information content (AvgIpc) is 1.77. The predicted octanol–water partition coefficient (Wildman–Crippen LogP) is 0.543. The van der Waals surface area contributed by atoms with Gasteiger partial charge in [-0.2, -0.15) is 0 Å². The molecule has 0 heterocycles. The summed E-state index contributed by atoms with van der Waals surface area (Å²) in [6.07, 6.45) is 2.78. The first-order chi connectivity index (χ1) is 3.80. The second-order valence-corrected chi connectivity index (χ2v) is 2.05. The van der Waals surface area contributed by atoms with E-state index in [0.29, 0.717) is 12.8 Å². The maximum Gasteiger partial charge on any atom is 2.00 e. The van der Waals surface area contributed by atoms with Crippen LogP contribution in [-0.2, 0) is 9.59 Å². The monoisotopic (exact) mass is 138 g/mol. The van der Waals surface area contributed by atoms with Gasteiger partial charge in [0.2, 0.25) is 0 Å². The van der Waals surface area contributed by atoms with Gasteiger partial charge in [0, 0.05) is 12.8 Å². The van der Waals surface area contributed by atoms with E-state index in [9.17, 15) is 9.59 Å². The summed E-state index contributed by atoms with van der Waals surface area (Å²) < 4.78 is 0. The third-order valence-electron chi connectivity index (χ3n) is 1.37. The molecule has 2 nitrogen and oxygen atoms in total. The quantitative estimate of drug-likeness (QED) is 0.362. The molecule has 1 saturated carbocycles. The van der Waals surface area contributed by atoms with Gasteiger partial charge in [-0.05, 0) is 12.8 Å². The summed E-state index contributed by atoms with van der Waals surface area (Å²) in [5.74, 6) is -0.340. The normalized spacial score (nSPS) is 19.1. The van der Waals surface area contributed by atoms with Gasteiger partial charge in [0.15, 0.2) is 11.6 Å². The molecule has 3 heteroatoms. The minimum absolute atomic E-state index is 0. The number of ketones is 2. The van der Waals surface area contributed by atoms with E-state index < -0.39 is 0 Å². The van der Waals surface area contributed by atoms with Crippen LogP contribution in [0.2, 0.25) is 0 Å². The summed E-state index contributed by atoms with van der Waals surface area (Å²) in [4.78, 5) is 20.9. The van der Waals surface area contributed by atoms with E-state index in [2.05, 4.69) is 0 Å². The van der Waals surface area contributed by atoms with E-state index in [1.807, 2.05) is 0 Å². The Morgan fingerprint density at radius 2 is 1.33 bits per heavy atom. The molecule has 0 aliphatic heterocycles. The molecule has 0 saturated heterocycles. The first-order valence-corrected chi connectivity index (χ1v) is 2.87. The van der Waals surface area contributed by atoms with Gasteiger partial charge in [0.1, 0.15) is 0 Å². The van der Waals surface area contributed by atoms with Crippen molar-refractivity contribution in [1.82, 2.24) is 0 Å². The van der Waals surface area contributed by atoms with Crippen LogP contribution < -0.4 is 0 Å². The zero-order valence-corrected chi connectivity index (χ0v) is 6.77. The standard InChI is InChI=1S/C6H8O2.Mg.2H/c7-5-3-1-2-4-6(5)8;;;/h1-4H2;;;/q;+2;2*-1. The van der Waals surface area contributed by atoms with Crippen LogP contribution in [0.15, 0.2) is 0 Å². The number of carbonyl (C=O) groups is 2.